The molecule has 0 spiro atoms. The van der Waals surface area contributed by atoms with Crippen molar-refractivity contribution in [2.24, 2.45) is 5.92 Å². The number of sulfone groups is 1. The van der Waals surface area contributed by atoms with Crippen LogP contribution in [0.4, 0.5) is 17.1 Å². The molecule has 0 unspecified atom stereocenters. The third-order valence-electron chi connectivity index (χ3n) is 6.51. The van der Waals surface area contributed by atoms with E-state index < -0.39 is 9.84 Å². The zero-order chi connectivity index (χ0) is 25.3. The van der Waals surface area contributed by atoms with Gasteiger partial charge in [0.15, 0.2) is 9.84 Å². The van der Waals surface area contributed by atoms with Gasteiger partial charge in [0.05, 0.1) is 29.9 Å². The molecule has 8 heteroatoms. The lowest BCUT2D eigenvalue weighted by Crippen LogP contribution is -2.52. The van der Waals surface area contributed by atoms with E-state index in [2.05, 4.69) is 0 Å². The van der Waals surface area contributed by atoms with Gasteiger partial charge in [0.1, 0.15) is 0 Å². The summed E-state index contributed by atoms with van der Waals surface area (Å²) in [5.74, 6) is -0.0101. The molecule has 5 rings (SSSR count). The van der Waals surface area contributed by atoms with Gasteiger partial charge < -0.3 is 9.64 Å². The summed E-state index contributed by atoms with van der Waals surface area (Å²) in [6.45, 7) is 2.38. The summed E-state index contributed by atoms with van der Waals surface area (Å²) >= 11 is 0. The van der Waals surface area contributed by atoms with Gasteiger partial charge in [-0.15, -0.1) is 0 Å². The molecule has 0 bridgehead atoms. The molecule has 1 heterocycles. The highest BCUT2D eigenvalue weighted by molar-refractivity contribution is 7.91. The zero-order valence-electron chi connectivity index (χ0n) is 20.0. The molecule has 36 heavy (non-hydrogen) atoms. The van der Waals surface area contributed by atoms with Gasteiger partial charge in [-0.05, 0) is 73.4 Å². The van der Waals surface area contributed by atoms with Crippen molar-refractivity contribution < 1.29 is 22.7 Å². The quantitative estimate of drug-likeness (QED) is 0.448. The van der Waals surface area contributed by atoms with Crippen LogP contribution in [-0.2, 0) is 19.4 Å². The van der Waals surface area contributed by atoms with Gasteiger partial charge >= 0.3 is 0 Å². The minimum atomic E-state index is -3.35. The Morgan fingerprint density at radius 2 is 1.53 bits per heavy atom. The minimum absolute atomic E-state index is 0.0578. The molecule has 2 fully saturated rings. The van der Waals surface area contributed by atoms with Crippen molar-refractivity contribution in [1.29, 1.82) is 0 Å². The van der Waals surface area contributed by atoms with Gasteiger partial charge in [0, 0.05) is 29.5 Å². The highest BCUT2D eigenvalue weighted by atomic mass is 32.2. The number of carbonyl (C=O) groups excluding carboxylic acids is 2. The van der Waals surface area contributed by atoms with Crippen molar-refractivity contribution in [3.63, 3.8) is 0 Å². The van der Waals surface area contributed by atoms with E-state index >= 15 is 0 Å². The number of nitrogens with zero attached hydrogens (tertiary/aromatic N) is 2. The van der Waals surface area contributed by atoms with Gasteiger partial charge in [-0.1, -0.05) is 24.3 Å². The SMILES string of the molecule is CC(=O)N(c1ccc(S(=O)(=O)CC2CC2)cc1)c1cccc(C(=O)N(c2ccccc2)C2COC2)c1. The number of hydrogen-bond acceptors (Lipinski definition) is 5. The molecular weight excluding hydrogens is 476 g/mol. The number of ether oxygens (including phenoxy) is 1. The predicted molar refractivity (Wildman–Crippen MR) is 138 cm³/mol. The second-order valence-corrected chi connectivity index (χ2v) is 11.4. The molecule has 1 saturated carbocycles. The first-order valence-electron chi connectivity index (χ1n) is 12.0. The van der Waals surface area contributed by atoms with E-state index in [-0.39, 0.29) is 34.4 Å². The summed E-state index contributed by atoms with van der Waals surface area (Å²) in [5.41, 5.74) is 2.29. The normalized spacial score (nSPS) is 15.7. The van der Waals surface area contributed by atoms with Crippen LogP contribution >= 0.6 is 0 Å². The third-order valence-corrected chi connectivity index (χ3v) is 8.41. The number of para-hydroxylation sites is 1. The molecule has 2 amide bonds. The van der Waals surface area contributed by atoms with Crippen LogP contribution in [0, 0.1) is 5.92 Å². The minimum Gasteiger partial charge on any atom is -0.377 e. The maximum atomic E-state index is 13.6. The van der Waals surface area contributed by atoms with E-state index in [9.17, 15) is 18.0 Å². The van der Waals surface area contributed by atoms with Crippen molar-refractivity contribution in [2.45, 2.75) is 30.7 Å². The molecule has 3 aromatic rings. The van der Waals surface area contributed by atoms with Crippen LogP contribution in [-0.4, -0.2) is 45.2 Å². The van der Waals surface area contributed by atoms with Crippen molar-refractivity contribution in [2.75, 3.05) is 28.8 Å². The van der Waals surface area contributed by atoms with E-state index in [4.69, 9.17) is 4.74 Å². The van der Waals surface area contributed by atoms with Crippen LogP contribution in [0.5, 0.6) is 0 Å². The van der Waals surface area contributed by atoms with Crippen LogP contribution in [0.3, 0.4) is 0 Å². The Morgan fingerprint density at radius 3 is 2.11 bits per heavy atom. The molecule has 0 radical (unpaired) electrons. The number of rotatable bonds is 8. The summed E-state index contributed by atoms with van der Waals surface area (Å²) in [7, 11) is -3.35. The van der Waals surface area contributed by atoms with Gasteiger partial charge in [0.2, 0.25) is 5.91 Å². The second kappa shape index (κ2) is 9.87. The highest BCUT2D eigenvalue weighted by Crippen LogP contribution is 2.33. The van der Waals surface area contributed by atoms with Crippen molar-refractivity contribution in [3.05, 3.63) is 84.4 Å². The predicted octanol–water partition coefficient (Wildman–Crippen LogP) is 4.60. The molecular formula is C28H28N2O5S. The number of hydrogen-bond donors (Lipinski definition) is 0. The molecule has 3 aromatic carbocycles. The average molecular weight is 505 g/mol. The topological polar surface area (TPSA) is 84.0 Å². The van der Waals surface area contributed by atoms with Crippen molar-refractivity contribution in [1.82, 2.24) is 0 Å². The van der Waals surface area contributed by atoms with Crippen LogP contribution < -0.4 is 9.80 Å². The molecule has 0 atom stereocenters. The monoisotopic (exact) mass is 504 g/mol. The lowest BCUT2D eigenvalue weighted by Gasteiger charge is -2.37. The second-order valence-electron chi connectivity index (χ2n) is 9.33. The summed E-state index contributed by atoms with van der Waals surface area (Å²) in [6.07, 6.45) is 1.92. The fourth-order valence-corrected chi connectivity index (χ4v) is 6.08. The number of benzene rings is 3. The molecule has 7 nitrogen and oxygen atoms in total. The number of anilines is 3. The fourth-order valence-electron chi connectivity index (χ4n) is 4.38. The summed E-state index contributed by atoms with van der Waals surface area (Å²) in [6, 6.07) is 22.7. The molecule has 1 aliphatic heterocycles. The molecule has 0 N–H and O–H groups in total. The third kappa shape index (κ3) is 5.05. The lowest BCUT2D eigenvalue weighted by atomic mass is 10.1. The number of carbonyl (C=O) groups is 2. The van der Waals surface area contributed by atoms with E-state index in [1.165, 1.54) is 11.8 Å². The molecule has 0 aromatic heterocycles. The van der Waals surface area contributed by atoms with Gasteiger partial charge in [-0.2, -0.15) is 0 Å². The maximum Gasteiger partial charge on any atom is 0.258 e. The van der Waals surface area contributed by atoms with Crippen molar-refractivity contribution in [3.8, 4) is 0 Å². The smallest absolute Gasteiger partial charge is 0.258 e. The first kappa shape index (κ1) is 24.2. The molecule has 186 valence electrons. The molecule has 1 aliphatic carbocycles. The summed E-state index contributed by atoms with van der Waals surface area (Å²) < 4.78 is 30.6. The average Bonchev–Trinajstić information content (AvgIpc) is 3.65. The van der Waals surface area contributed by atoms with E-state index in [1.807, 2.05) is 30.3 Å². The van der Waals surface area contributed by atoms with E-state index in [0.717, 1.165) is 18.5 Å². The Kier molecular flexibility index (Phi) is 6.64. The van der Waals surface area contributed by atoms with Gasteiger partial charge in [-0.3, -0.25) is 14.5 Å². The summed E-state index contributed by atoms with van der Waals surface area (Å²) in [4.78, 5) is 29.8. The zero-order valence-corrected chi connectivity index (χ0v) is 20.9. The maximum absolute atomic E-state index is 13.6. The van der Waals surface area contributed by atoms with Crippen LogP contribution in [0.15, 0.2) is 83.8 Å². The highest BCUT2D eigenvalue weighted by Gasteiger charge is 2.32. The Morgan fingerprint density at radius 1 is 0.861 bits per heavy atom. The van der Waals surface area contributed by atoms with E-state index in [1.54, 1.807) is 53.4 Å². The fraction of sp³-hybridized carbons (Fsp3) is 0.286. The van der Waals surface area contributed by atoms with Crippen LogP contribution in [0.1, 0.15) is 30.1 Å². The Hall–Kier alpha value is -3.49. The molecule has 2 aliphatic rings. The Labute approximate surface area is 211 Å². The van der Waals surface area contributed by atoms with Crippen molar-refractivity contribution >= 4 is 38.7 Å². The molecule has 1 saturated heterocycles. The van der Waals surface area contributed by atoms with Gasteiger partial charge in [0.25, 0.3) is 5.91 Å². The Balaban J connectivity index is 1.44. The first-order chi connectivity index (χ1) is 17.3. The first-order valence-corrected chi connectivity index (χ1v) is 13.7. The standard InChI is InChI=1S/C28H28N2O5S/c1-20(31)29(24-12-14-27(15-13-24)36(33,34)19-21-10-11-21)25-9-5-6-22(16-25)28(32)30(26-17-35-18-26)23-7-3-2-4-8-23/h2-9,12-16,21,26H,10-11,17-19H2,1H3. The summed E-state index contributed by atoms with van der Waals surface area (Å²) in [5, 5.41) is 0. The van der Waals surface area contributed by atoms with Crippen LogP contribution in [0.2, 0.25) is 0 Å². The van der Waals surface area contributed by atoms with Crippen LogP contribution in [0.25, 0.3) is 0 Å². The number of amides is 2. The largest absolute Gasteiger partial charge is 0.377 e. The lowest BCUT2D eigenvalue weighted by molar-refractivity contribution is -0.115. The Bertz CT molecular complexity index is 1360. The van der Waals surface area contributed by atoms with E-state index in [0.29, 0.717) is 30.2 Å². The van der Waals surface area contributed by atoms with Gasteiger partial charge in [-0.25, -0.2) is 8.42 Å².